The van der Waals surface area contributed by atoms with E-state index in [0.29, 0.717) is 6.42 Å². The zero-order valence-corrected chi connectivity index (χ0v) is 9.80. The number of aromatic nitrogens is 2. The minimum atomic E-state index is -0.400. The van der Waals surface area contributed by atoms with Crippen LogP contribution in [0.25, 0.3) is 0 Å². The van der Waals surface area contributed by atoms with Crippen molar-refractivity contribution in [3.05, 3.63) is 22.2 Å². The molecule has 94 valence electrons. The van der Waals surface area contributed by atoms with Gasteiger partial charge in [0.1, 0.15) is 12.0 Å². The van der Waals surface area contributed by atoms with Gasteiger partial charge in [-0.2, -0.15) is 4.98 Å². The van der Waals surface area contributed by atoms with Crippen molar-refractivity contribution in [2.45, 2.75) is 38.5 Å². The van der Waals surface area contributed by atoms with E-state index in [-0.39, 0.29) is 24.8 Å². The fraction of sp³-hybridized carbons (Fsp3) is 0.636. The Balaban J connectivity index is 2.30. The lowest BCUT2D eigenvalue weighted by Crippen LogP contribution is -2.29. The molecule has 0 bridgehead atoms. The largest absolute Gasteiger partial charge is 0.394 e. The van der Waals surface area contributed by atoms with Gasteiger partial charge in [0.15, 0.2) is 0 Å². The first-order valence-corrected chi connectivity index (χ1v) is 5.79. The lowest BCUT2D eigenvalue weighted by molar-refractivity contribution is -0.0246. The Hall–Kier alpha value is -1.40. The molecule has 1 aliphatic heterocycles. The van der Waals surface area contributed by atoms with E-state index in [4.69, 9.17) is 15.6 Å². The minimum Gasteiger partial charge on any atom is -0.394 e. The van der Waals surface area contributed by atoms with Crippen LogP contribution in [0.2, 0.25) is 0 Å². The molecule has 0 radical (unpaired) electrons. The Morgan fingerprint density at radius 1 is 1.65 bits per heavy atom. The number of rotatable bonds is 3. The summed E-state index contributed by atoms with van der Waals surface area (Å²) in [7, 11) is 0. The van der Waals surface area contributed by atoms with E-state index >= 15 is 0 Å². The molecule has 1 aromatic heterocycles. The fourth-order valence-corrected chi connectivity index (χ4v) is 2.03. The third-order valence-electron chi connectivity index (χ3n) is 3.04. The average Bonchev–Trinajstić information content (AvgIpc) is 2.78. The molecule has 6 nitrogen and oxygen atoms in total. The normalized spacial score (nSPS) is 24.1. The number of aliphatic hydroxyl groups is 1. The molecule has 2 atom stereocenters. The minimum absolute atomic E-state index is 0.0196. The number of nitrogen functional groups attached to an aromatic ring is 1. The van der Waals surface area contributed by atoms with Crippen LogP contribution in [0.5, 0.6) is 0 Å². The monoisotopic (exact) mass is 239 g/mol. The molecule has 3 N–H and O–H groups in total. The summed E-state index contributed by atoms with van der Waals surface area (Å²) in [5, 5.41) is 9.00. The van der Waals surface area contributed by atoms with Crippen molar-refractivity contribution in [1.82, 2.24) is 9.55 Å². The van der Waals surface area contributed by atoms with Crippen molar-refractivity contribution in [3.8, 4) is 0 Å². The molecule has 1 fully saturated rings. The third kappa shape index (κ3) is 2.32. The first-order chi connectivity index (χ1) is 8.15. The highest BCUT2D eigenvalue weighted by Crippen LogP contribution is 2.27. The lowest BCUT2D eigenvalue weighted by Gasteiger charge is -2.16. The Morgan fingerprint density at radius 3 is 3.00 bits per heavy atom. The van der Waals surface area contributed by atoms with Crippen LogP contribution in [0.1, 0.15) is 31.6 Å². The van der Waals surface area contributed by atoms with Crippen molar-refractivity contribution in [2.75, 3.05) is 12.3 Å². The summed E-state index contributed by atoms with van der Waals surface area (Å²) in [4.78, 5) is 15.5. The molecule has 0 unspecified atom stereocenters. The van der Waals surface area contributed by atoms with Crippen LogP contribution >= 0.6 is 0 Å². The Kier molecular flexibility index (Phi) is 3.44. The van der Waals surface area contributed by atoms with Crippen LogP contribution in [0.4, 0.5) is 5.82 Å². The second kappa shape index (κ2) is 4.85. The standard InChI is InChI=1S/C11H17N3O3/c1-2-7-5-14(11(16)13-10(7)12)9-4-3-8(6-15)17-9/h5,8-9,15H,2-4,6H2,1H3,(H2,12,13,16)/t8-,9+/m0/s1. The molecule has 2 heterocycles. The molecule has 0 amide bonds. The Labute approximate surface area is 99.0 Å². The zero-order valence-electron chi connectivity index (χ0n) is 9.80. The molecule has 17 heavy (non-hydrogen) atoms. The van der Waals surface area contributed by atoms with Gasteiger partial charge in [0.25, 0.3) is 0 Å². The van der Waals surface area contributed by atoms with E-state index in [1.54, 1.807) is 6.20 Å². The van der Waals surface area contributed by atoms with Gasteiger partial charge in [-0.15, -0.1) is 0 Å². The van der Waals surface area contributed by atoms with E-state index < -0.39 is 5.69 Å². The molecule has 2 rings (SSSR count). The number of aryl methyl sites for hydroxylation is 1. The second-order valence-electron chi connectivity index (χ2n) is 4.17. The summed E-state index contributed by atoms with van der Waals surface area (Å²) in [6.45, 7) is 1.93. The van der Waals surface area contributed by atoms with Gasteiger partial charge < -0.3 is 15.6 Å². The van der Waals surface area contributed by atoms with Crippen molar-refractivity contribution >= 4 is 5.82 Å². The van der Waals surface area contributed by atoms with E-state index in [0.717, 1.165) is 18.4 Å². The summed E-state index contributed by atoms with van der Waals surface area (Å²) in [5.74, 6) is 0.283. The summed E-state index contributed by atoms with van der Waals surface area (Å²) in [6, 6.07) is 0. The van der Waals surface area contributed by atoms with E-state index in [9.17, 15) is 4.79 Å². The maximum atomic E-state index is 11.7. The van der Waals surface area contributed by atoms with Gasteiger partial charge in [0.05, 0.1) is 12.7 Å². The third-order valence-corrected chi connectivity index (χ3v) is 3.04. The van der Waals surface area contributed by atoms with Crippen LogP contribution in [-0.4, -0.2) is 27.4 Å². The molecule has 1 saturated heterocycles. The molecule has 0 spiro atoms. The first-order valence-electron chi connectivity index (χ1n) is 5.79. The van der Waals surface area contributed by atoms with Crippen molar-refractivity contribution in [2.24, 2.45) is 0 Å². The van der Waals surface area contributed by atoms with Crippen molar-refractivity contribution in [1.29, 1.82) is 0 Å². The van der Waals surface area contributed by atoms with Crippen molar-refractivity contribution < 1.29 is 9.84 Å². The molecule has 1 aliphatic rings. The topological polar surface area (TPSA) is 90.4 Å². The Morgan fingerprint density at radius 2 is 2.41 bits per heavy atom. The van der Waals surface area contributed by atoms with Crippen LogP contribution in [0.15, 0.2) is 11.0 Å². The smallest absolute Gasteiger partial charge is 0.351 e. The fourth-order valence-electron chi connectivity index (χ4n) is 2.03. The van der Waals surface area contributed by atoms with E-state index in [1.165, 1.54) is 4.57 Å². The van der Waals surface area contributed by atoms with Crippen LogP contribution in [0, 0.1) is 0 Å². The summed E-state index contributed by atoms with van der Waals surface area (Å²) in [5.41, 5.74) is 6.08. The van der Waals surface area contributed by atoms with Gasteiger partial charge in [-0.25, -0.2) is 4.79 Å². The first kappa shape index (κ1) is 12.1. The highest BCUT2D eigenvalue weighted by atomic mass is 16.5. The quantitative estimate of drug-likeness (QED) is 0.778. The number of anilines is 1. The highest BCUT2D eigenvalue weighted by molar-refractivity contribution is 5.36. The molecule has 6 heteroatoms. The zero-order chi connectivity index (χ0) is 12.4. The molecule has 0 saturated carbocycles. The maximum absolute atomic E-state index is 11.7. The number of hydrogen-bond donors (Lipinski definition) is 2. The SMILES string of the molecule is CCc1cn([C@H]2CC[C@@H](CO)O2)c(=O)nc1N. The van der Waals surface area contributed by atoms with Gasteiger partial charge >= 0.3 is 5.69 Å². The number of nitrogens with zero attached hydrogens (tertiary/aromatic N) is 2. The predicted molar refractivity (Wildman–Crippen MR) is 62.5 cm³/mol. The van der Waals surface area contributed by atoms with Crippen LogP contribution in [0.3, 0.4) is 0 Å². The Bertz CT molecular complexity index is 458. The van der Waals surface area contributed by atoms with Gasteiger partial charge in [-0.05, 0) is 19.3 Å². The maximum Gasteiger partial charge on any atom is 0.351 e. The summed E-state index contributed by atoms with van der Waals surface area (Å²) >= 11 is 0. The number of hydrogen-bond acceptors (Lipinski definition) is 5. The molecule has 1 aromatic rings. The number of ether oxygens (including phenoxy) is 1. The molecule has 0 aromatic carbocycles. The van der Waals surface area contributed by atoms with E-state index in [1.807, 2.05) is 6.92 Å². The molecular weight excluding hydrogens is 222 g/mol. The van der Waals surface area contributed by atoms with Crippen molar-refractivity contribution in [3.63, 3.8) is 0 Å². The predicted octanol–water partition coefficient (Wildman–Crippen LogP) is 0.0578. The van der Waals surface area contributed by atoms with Gasteiger partial charge in [-0.3, -0.25) is 4.57 Å². The molecule has 0 aliphatic carbocycles. The van der Waals surface area contributed by atoms with Gasteiger partial charge in [0, 0.05) is 11.8 Å². The second-order valence-corrected chi connectivity index (χ2v) is 4.17. The van der Waals surface area contributed by atoms with Crippen LogP contribution < -0.4 is 11.4 Å². The lowest BCUT2D eigenvalue weighted by atomic mass is 10.2. The van der Waals surface area contributed by atoms with Gasteiger partial charge in [-0.1, -0.05) is 6.92 Å². The van der Waals surface area contributed by atoms with Gasteiger partial charge in [0.2, 0.25) is 0 Å². The van der Waals surface area contributed by atoms with E-state index in [2.05, 4.69) is 4.98 Å². The number of aliphatic hydroxyl groups excluding tert-OH is 1. The molecular formula is C11H17N3O3. The highest BCUT2D eigenvalue weighted by Gasteiger charge is 2.27. The average molecular weight is 239 g/mol. The number of nitrogens with two attached hydrogens (primary N) is 1. The summed E-state index contributed by atoms with van der Waals surface area (Å²) < 4.78 is 7.01. The van der Waals surface area contributed by atoms with Crippen LogP contribution in [-0.2, 0) is 11.2 Å². The summed E-state index contributed by atoms with van der Waals surface area (Å²) in [6.07, 6.45) is 3.36.